The normalized spacial score (nSPS) is 27.9. The van der Waals surface area contributed by atoms with Gasteiger partial charge in [-0.05, 0) is 38.0 Å². The van der Waals surface area contributed by atoms with Gasteiger partial charge in [-0.25, -0.2) is 0 Å². The lowest BCUT2D eigenvalue weighted by molar-refractivity contribution is -0.144. The average molecular weight is 353 g/mol. The summed E-state index contributed by atoms with van der Waals surface area (Å²) in [6.07, 6.45) is 1.38. The van der Waals surface area contributed by atoms with Crippen LogP contribution in [-0.2, 0) is 9.59 Å². The van der Waals surface area contributed by atoms with Crippen LogP contribution in [0.2, 0.25) is 5.02 Å². The van der Waals surface area contributed by atoms with E-state index >= 15 is 0 Å². The standard InChI is InChI=1S/C17H21ClN2O2S/c1-11(12-4-6-13(18)7-5-12)19(3)16(22)14-10-23-17(2)9-8-15(21)20(14)17/h4-7,11,14H,8-10H2,1-3H3. The molecule has 0 radical (unpaired) electrons. The minimum Gasteiger partial charge on any atom is -0.337 e. The molecular weight excluding hydrogens is 332 g/mol. The van der Waals surface area contributed by atoms with Crippen LogP contribution >= 0.6 is 23.4 Å². The van der Waals surface area contributed by atoms with Gasteiger partial charge in [-0.1, -0.05) is 23.7 Å². The number of hydrogen-bond donors (Lipinski definition) is 0. The Kier molecular flexibility index (Phi) is 4.36. The van der Waals surface area contributed by atoms with Crippen LogP contribution in [0.1, 0.15) is 38.3 Å². The van der Waals surface area contributed by atoms with E-state index in [-0.39, 0.29) is 28.8 Å². The van der Waals surface area contributed by atoms with Crippen LogP contribution < -0.4 is 0 Å². The molecule has 1 aromatic carbocycles. The predicted molar refractivity (Wildman–Crippen MR) is 93.4 cm³/mol. The van der Waals surface area contributed by atoms with E-state index in [2.05, 4.69) is 6.92 Å². The number of halogens is 1. The molecule has 3 rings (SSSR count). The Morgan fingerprint density at radius 1 is 1.43 bits per heavy atom. The maximum absolute atomic E-state index is 13.0. The molecule has 23 heavy (non-hydrogen) atoms. The van der Waals surface area contributed by atoms with Crippen LogP contribution in [0.25, 0.3) is 0 Å². The number of thioether (sulfide) groups is 1. The number of nitrogens with zero attached hydrogens (tertiary/aromatic N) is 2. The summed E-state index contributed by atoms with van der Waals surface area (Å²) in [6.45, 7) is 4.06. The summed E-state index contributed by atoms with van der Waals surface area (Å²) < 4.78 is 0. The van der Waals surface area contributed by atoms with Gasteiger partial charge in [-0.3, -0.25) is 9.59 Å². The minimum absolute atomic E-state index is 0.0129. The van der Waals surface area contributed by atoms with Gasteiger partial charge in [0.2, 0.25) is 11.8 Å². The van der Waals surface area contributed by atoms with Crippen LogP contribution in [0.15, 0.2) is 24.3 Å². The first-order valence-electron chi connectivity index (χ1n) is 7.82. The minimum atomic E-state index is -0.347. The van der Waals surface area contributed by atoms with Crippen molar-refractivity contribution in [3.63, 3.8) is 0 Å². The number of likely N-dealkylation sites (N-methyl/N-ethyl adjacent to an activating group) is 1. The lowest BCUT2D eigenvalue weighted by Crippen LogP contribution is -2.50. The number of benzene rings is 1. The van der Waals surface area contributed by atoms with E-state index in [0.29, 0.717) is 17.2 Å². The molecule has 1 aromatic rings. The van der Waals surface area contributed by atoms with Crippen molar-refractivity contribution in [2.24, 2.45) is 0 Å². The number of hydrogen-bond acceptors (Lipinski definition) is 3. The van der Waals surface area contributed by atoms with Crippen molar-refractivity contribution < 1.29 is 9.59 Å². The van der Waals surface area contributed by atoms with Crippen molar-refractivity contribution in [3.8, 4) is 0 Å². The van der Waals surface area contributed by atoms with Gasteiger partial charge in [0.25, 0.3) is 0 Å². The molecule has 0 spiro atoms. The second-order valence-corrected chi connectivity index (χ2v) is 8.38. The van der Waals surface area contributed by atoms with E-state index in [1.165, 1.54) is 0 Å². The fourth-order valence-corrected chi connectivity index (χ4v) is 4.94. The molecule has 2 aliphatic heterocycles. The molecule has 0 bridgehead atoms. The van der Waals surface area contributed by atoms with E-state index in [1.807, 2.05) is 43.1 Å². The zero-order valence-corrected chi connectivity index (χ0v) is 15.2. The summed E-state index contributed by atoms with van der Waals surface area (Å²) in [6, 6.07) is 7.13. The molecule has 2 fully saturated rings. The maximum atomic E-state index is 13.0. The summed E-state index contributed by atoms with van der Waals surface area (Å²) in [7, 11) is 1.81. The first kappa shape index (κ1) is 16.7. The van der Waals surface area contributed by atoms with Gasteiger partial charge in [0, 0.05) is 24.2 Å². The molecule has 6 heteroatoms. The number of carbonyl (C=O) groups excluding carboxylic acids is 2. The Balaban J connectivity index is 1.77. The fraction of sp³-hybridized carbons (Fsp3) is 0.529. The quantitative estimate of drug-likeness (QED) is 0.838. The first-order valence-corrected chi connectivity index (χ1v) is 9.18. The molecule has 3 unspecified atom stereocenters. The lowest BCUT2D eigenvalue weighted by atomic mass is 10.1. The van der Waals surface area contributed by atoms with E-state index < -0.39 is 0 Å². The third-order valence-corrected chi connectivity index (χ3v) is 6.77. The SMILES string of the molecule is CC(c1ccc(Cl)cc1)N(C)C(=O)C1CSC2(C)CCC(=O)N12. The Labute approximate surface area is 146 Å². The molecule has 0 aromatic heterocycles. The Morgan fingerprint density at radius 3 is 2.74 bits per heavy atom. The molecule has 124 valence electrons. The summed E-state index contributed by atoms with van der Waals surface area (Å²) in [5.74, 6) is 0.793. The summed E-state index contributed by atoms with van der Waals surface area (Å²) in [4.78, 5) is 28.5. The Bertz CT molecular complexity index is 636. The van der Waals surface area contributed by atoms with Gasteiger partial charge in [-0.2, -0.15) is 0 Å². The number of carbonyl (C=O) groups is 2. The maximum Gasteiger partial charge on any atom is 0.246 e. The molecule has 2 saturated heterocycles. The third-order valence-electron chi connectivity index (χ3n) is 5.01. The Morgan fingerprint density at radius 2 is 2.09 bits per heavy atom. The van der Waals surface area contributed by atoms with Gasteiger partial charge in [0.1, 0.15) is 6.04 Å². The summed E-state index contributed by atoms with van der Waals surface area (Å²) in [5.41, 5.74) is 1.03. The van der Waals surface area contributed by atoms with Crippen LogP contribution in [0.5, 0.6) is 0 Å². The second-order valence-electron chi connectivity index (χ2n) is 6.44. The zero-order valence-electron chi connectivity index (χ0n) is 13.6. The van der Waals surface area contributed by atoms with Crippen LogP contribution in [-0.4, -0.2) is 45.3 Å². The lowest BCUT2D eigenvalue weighted by Gasteiger charge is -2.34. The monoisotopic (exact) mass is 352 g/mol. The van der Waals surface area contributed by atoms with Crippen molar-refractivity contribution in [1.29, 1.82) is 0 Å². The molecule has 2 amide bonds. The average Bonchev–Trinajstić information content (AvgIpc) is 3.02. The van der Waals surface area contributed by atoms with E-state index in [4.69, 9.17) is 11.6 Å². The number of amides is 2. The van der Waals surface area contributed by atoms with Gasteiger partial charge < -0.3 is 9.80 Å². The zero-order chi connectivity index (χ0) is 16.8. The highest BCUT2D eigenvalue weighted by Crippen LogP contribution is 2.47. The number of fused-ring (bicyclic) bond motifs is 1. The third kappa shape index (κ3) is 2.85. The fourth-order valence-electron chi connectivity index (χ4n) is 3.39. The van der Waals surface area contributed by atoms with Crippen molar-refractivity contribution >= 4 is 35.2 Å². The molecule has 2 aliphatic rings. The van der Waals surface area contributed by atoms with Crippen LogP contribution in [0.4, 0.5) is 0 Å². The van der Waals surface area contributed by atoms with Crippen LogP contribution in [0.3, 0.4) is 0 Å². The molecule has 3 atom stereocenters. The van der Waals surface area contributed by atoms with E-state index in [0.717, 1.165) is 12.0 Å². The molecule has 0 saturated carbocycles. The van der Waals surface area contributed by atoms with Gasteiger partial charge in [0.15, 0.2) is 0 Å². The highest BCUT2D eigenvalue weighted by Gasteiger charge is 2.53. The van der Waals surface area contributed by atoms with Gasteiger partial charge in [0.05, 0.1) is 10.9 Å². The Hall–Kier alpha value is -1.20. The molecule has 4 nitrogen and oxygen atoms in total. The van der Waals surface area contributed by atoms with Gasteiger partial charge >= 0.3 is 0 Å². The molecular formula is C17H21ClN2O2S. The summed E-state index contributed by atoms with van der Waals surface area (Å²) >= 11 is 7.65. The van der Waals surface area contributed by atoms with Crippen molar-refractivity contribution in [2.75, 3.05) is 12.8 Å². The largest absolute Gasteiger partial charge is 0.337 e. The van der Waals surface area contributed by atoms with Gasteiger partial charge in [-0.15, -0.1) is 11.8 Å². The van der Waals surface area contributed by atoms with Crippen molar-refractivity contribution in [1.82, 2.24) is 9.80 Å². The molecule has 0 N–H and O–H groups in total. The highest BCUT2D eigenvalue weighted by atomic mass is 35.5. The van der Waals surface area contributed by atoms with Crippen molar-refractivity contribution in [3.05, 3.63) is 34.9 Å². The van der Waals surface area contributed by atoms with Crippen molar-refractivity contribution in [2.45, 2.75) is 43.6 Å². The summed E-state index contributed by atoms with van der Waals surface area (Å²) in [5, 5.41) is 0.681. The predicted octanol–water partition coefficient (Wildman–Crippen LogP) is 3.31. The molecule has 2 heterocycles. The first-order chi connectivity index (χ1) is 10.8. The molecule has 0 aliphatic carbocycles. The van der Waals surface area contributed by atoms with E-state index in [1.54, 1.807) is 16.7 Å². The second kappa shape index (κ2) is 6.02. The smallest absolute Gasteiger partial charge is 0.246 e. The van der Waals surface area contributed by atoms with E-state index in [9.17, 15) is 9.59 Å². The topological polar surface area (TPSA) is 40.6 Å². The van der Waals surface area contributed by atoms with Crippen LogP contribution in [0, 0.1) is 0 Å². The highest BCUT2D eigenvalue weighted by molar-refractivity contribution is 8.01. The number of rotatable bonds is 3.